The number of nitrogens with zero attached hydrogens (tertiary/aromatic N) is 2. The van der Waals surface area contributed by atoms with E-state index in [1.807, 2.05) is 11.8 Å². The number of nitrogens with one attached hydrogen (secondary N) is 2. The Hall–Kier alpha value is -0.570. The first-order valence-corrected chi connectivity index (χ1v) is 9.59. The van der Waals surface area contributed by atoms with Crippen molar-refractivity contribution >= 4 is 35.8 Å². The van der Waals surface area contributed by atoms with E-state index in [4.69, 9.17) is 4.74 Å². The van der Waals surface area contributed by atoms with E-state index in [0.29, 0.717) is 12.5 Å². The summed E-state index contributed by atoms with van der Waals surface area (Å²) in [4.78, 5) is 17.9. The van der Waals surface area contributed by atoms with Gasteiger partial charge in [0.1, 0.15) is 0 Å². The highest BCUT2D eigenvalue weighted by atomic mass is 127. The molecule has 6 nitrogen and oxygen atoms in total. The van der Waals surface area contributed by atoms with Crippen molar-refractivity contribution in [2.75, 3.05) is 33.3 Å². The fourth-order valence-electron chi connectivity index (χ4n) is 3.52. The monoisotopic (exact) mass is 466 g/mol. The maximum Gasteiger partial charge on any atom is 0.222 e. The second kappa shape index (κ2) is 12.7. The lowest BCUT2D eigenvalue weighted by Crippen LogP contribution is -2.46. The Morgan fingerprint density at radius 1 is 1.20 bits per heavy atom. The lowest BCUT2D eigenvalue weighted by atomic mass is 10.1. The maximum atomic E-state index is 11.7. The Bertz CT molecular complexity index is 412. The number of guanidine groups is 1. The largest absolute Gasteiger partial charge is 0.376 e. The van der Waals surface area contributed by atoms with Crippen molar-refractivity contribution in [3.8, 4) is 0 Å². The third kappa shape index (κ3) is 8.11. The van der Waals surface area contributed by atoms with Crippen LogP contribution >= 0.6 is 24.0 Å². The van der Waals surface area contributed by atoms with Crippen molar-refractivity contribution in [1.29, 1.82) is 0 Å². The van der Waals surface area contributed by atoms with Gasteiger partial charge in [0, 0.05) is 39.1 Å². The van der Waals surface area contributed by atoms with Crippen LogP contribution in [0, 0.1) is 0 Å². The summed E-state index contributed by atoms with van der Waals surface area (Å²) in [7, 11) is 1.78. The molecule has 1 aliphatic carbocycles. The summed E-state index contributed by atoms with van der Waals surface area (Å²) in [6, 6.07) is 0.287. The number of hydrogen-bond acceptors (Lipinski definition) is 3. The van der Waals surface area contributed by atoms with Crippen molar-refractivity contribution in [2.45, 2.75) is 70.4 Å². The predicted molar refractivity (Wildman–Crippen MR) is 113 cm³/mol. The van der Waals surface area contributed by atoms with Gasteiger partial charge in [-0.2, -0.15) is 0 Å². The molecule has 1 unspecified atom stereocenters. The number of amides is 1. The highest BCUT2D eigenvalue weighted by Crippen LogP contribution is 2.19. The molecular formula is C18H35IN4O2. The van der Waals surface area contributed by atoms with Crippen molar-refractivity contribution in [3.63, 3.8) is 0 Å². The Morgan fingerprint density at radius 3 is 2.56 bits per heavy atom. The molecule has 2 fully saturated rings. The van der Waals surface area contributed by atoms with Gasteiger partial charge in [0.05, 0.1) is 12.7 Å². The number of halogens is 1. The van der Waals surface area contributed by atoms with Gasteiger partial charge in [0.2, 0.25) is 5.91 Å². The predicted octanol–water partition coefficient (Wildman–Crippen LogP) is 2.52. The van der Waals surface area contributed by atoms with E-state index in [2.05, 4.69) is 15.6 Å². The molecule has 25 heavy (non-hydrogen) atoms. The molecule has 7 heteroatoms. The lowest BCUT2D eigenvalue weighted by Gasteiger charge is -2.19. The van der Waals surface area contributed by atoms with E-state index < -0.39 is 0 Å². The van der Waals surface area contributed by atoms with Gasteiger partial charge in [0.25, 0.3) is 0 Å². The van der Waals surface area contributed by atoms with Crippen molar-refractivity contribution in [1.82, 2.24) is 15.5 Å². The number of ether oxygens (including phenoxy) is 1. The van der Waals surface area contributed by atoms with Crippen LogP contribution < -0.4 is 10.6 Å². The zero-order valence-electron chi connectivity index (χ0n) is 15.8. The molecule has 2 rings (SSSR count). The van der Waals surface area contributed by atoms with E-state index in [1.165, 1.54) is 38.5 Å². The van der Waals surface area contributed by atoms with Gasteiger partial charge >= 0.3 is 0 Å². The molecule has 0 spiro atoms. The molecule has 0 aromatic rings. The topological polar surface area (TPSA) is 66.0 Å². The molecule has 1 atom stereocenters. The SMILES string of the molecule is CCC(=O)N1CCC(NC(=NC)NCCOC2CCCCCC2)C1.I. The minimum absolute atomic E-state index is 0. The van der Waals surface area contributed by atoms with Crippen molar-refractivity contribution < 1.29 is 9.53 Å². The van der Waals surface area contributed by atoms with E-state index in [0.717, 1.165) is 38.6 Å². The fourth-order valence-corrected chi connectivity index (χ4v) is 3.52. The molecule has 2 N–H and O–H groups in total. The summed E-state index contributed by atoms with van der Waals surface area (Å²) in [5, 5.41) is 6.73. The molecule has 1 amide bonds. The van der Waals surface area contributed by atoms with Crippen LogP contribution in [0.1, 0.15) is 58.3 Å². The number of likely N-dealkylation sites (tertiary alicyclic amines) is 1. The zero-order valence-corrected chi connectivity index (χ0v) is 18.1. The molecular weight excluding hydrogens is 431 g/mol. The quantitative estimate of drug-likeness (QED) is 0.208. The Labute approximate surface area is 169 Å². The molecule has 0 aromatic heterocycles. The molecule has 0 bridgehead atoms. The normalized spacial score (nSPS) is 22.2. The first kappa shape index (κ1) is 22.5. The maximum absolute atomic E-state index is 11.7. The average Bonchev–Trinajstić information content (AvgIpc) is 2.91. The van der Waals surface area contributed by atoms with Crippen LogP contribution in [0.4, 0.5) is 0 Å². The fraction of sp³-hybridized carbons (Fsp3) is 0.889. The molecule has 2 aliphatic rings. The number of aliphatic imine (C=N–C) groups is 1. The van der Waals surface area contributed by atoms with Crippen molar-refractivity contribution in [2.24, 2.45) is 4.99 Å². The van der Waals surface area contributed by atoms with Crippen LogP contribution in [0.5, 0.6) is 0 Å². The molecule has 1 saturated carbocycles. The van der Waals surface area contributed by atoms with Crippen LogP contribution in [0.15, 0.2) is 4.99 Å². The smallest absolute Gasteiger partial charge is 0.222 e. The zero-order chi connectivity index (χ0) is 17.2. The molecule has 0 aromatic carbocycles. The minimum atomic E-state index is 0. The van der Waals surface area contributed by atoms with Crippen LogP contribution in [0.25, 0.3) is 0 Å². The van der Waals surface area contributed by atoms with Gasteiger partial charge in [-0.15, -0.1) is 24.0 Å². The third-order valence-electron chi connectivity index (χ3n) is 4.96. The van der Waals surface area contributed by atoms with E-state index in [-0.39, 0.29) is 35.9 Å². The van der Waals surface area contributed by atoms with Crippen LogP contribution in [0.2, 0.25) is 0 Å². The third-order valence-corrected chi connectivity index (χ3v) is 4.96. The molecule has 1 aliphatic heterocycles. The highest BCUT2D eigenvalue weighted by Gasteiger charge is 2.25. The second-order valence-corrected chi connectivity index (χ2v) is 6.81. The molecule has 1 saturated heterocycles. The minimum Gasteiger partial charge on any atom is -0.376 e. The van der Waals surface area contributed by atoms with Gasteiger partial charge < -0.3 is 20.3 Å². The first-order valence-electron chi connectivity index (χ1n) is 9.59. The number of carbonyl (C=O) groups excluding carboxylic acids is 1. The molecule has 0 radical (unpaired) electrons. The van der Waals surface area contributed by atoms with Gasteiger partial charge in [-0.05, 0) is 19.3 Å². The van der Waals surface area contributed by atoms with Gasteiger partial charge in [-0.1, -0.05) is 32.6 Å². The highest BCUT2D eigenvalue weighted by molar-refractivity contribution is 14.0. The number of carbonyl (C=O) groups is 1. The van der Waals surface area contributed by atoms with Crippen LogP contribution in [-0.4, -0.2) is 62.2 Å². The lowest BCUT2D eigenvalue weighted by molar-refractivity contribution is -0.129. The number of rotatable bonds is 6. The standard InChI is InChI=1S/C18H34N4O2.HI/c1-3-17(23)22-12-10-15(14-22)21-18(19-2)20-11-13-24-16-8-6-4-5-7-9-16;/h15-16H,3-14H2,1-2H3,(H2,19,20,21);1H. The van der Waals surface area contributed by atoms with Crippen molar-refractivity contribution in [3.05, 3.63) is 0 Å². The summed E-state index contributed by atoms with van der Waals surface area (Å²) in [5.41, 5.74) is 0. The van der Waals surface area contributed by atoms with Crippen LogP contribution in [0.3, 0.4) is 0 Å². The summed E-state index contributed by atoms with van der Waals surface area (Å²) in [6.07, 6.45) is 9.72. The summed E-state index contributed by atoms with van der Waals surface area (Å²) < 4.78 is 5.99. The molecule has 146 valence electrons. The first-order chi connectivity index (χ1) is 11.7. The van der Waals surface area contributed by atoms with Gasteiger partial charge in [0.15, 0.2) is 5.96 Å². The van der Waals surface area contributed by atoms with E-state index in [1.54, 1.807) is 7.05 Å². The number of hydrogen-bond donors (Lipinski definition) is 2. The van der Waals surface area contributed by atoms with Gasteiger partial charge in [-0.3, -0.25) is 9.79 Å². The Balaban J connectivity index is 0.00000312. The summed E-state index contributed by atoms with van der Waals surface area (Å²) in [6.45, 7) is 5.01. The van der Waals surface area contributed by atoms with E-state index >= 15 is 0 Å². The van der Waals surface area contributed by atoms with Crippen LogP contribution in [-0.2, 0) is 9.53 Å². The average molecular weight is 466 g/mol. The summed E-state index contributed by atoms with van der Waals surface area (Å²) >= 11 is 0. The van der Waals surface area contributed by atoms with E-state index in [9.17, 15) is 4.79 Å². The second-order valence-electron chi connectivity index (χ2n) is 6.81. The molecule has 1 heterocycles. The van der Waals surface area contributed by atoms with Gasteiger partial charge in [-0.25, -0.2) is 0 Å². The summed E-state index contributed by atoms with van der Waals surface area (Å²) in [5.74, 6) is 1.04. The Morgan fingerprint density at radius 2 is 1.92 bits per heavy atom. The Kier molecular flexibility index (Phi) is 11.4.